The Kier molecular flexibility index (Phi) is 3.94. The maximum atomic E-state index is 10.9. The van der Waals surface area contributed by atoms with E-state index in [9.17, 15) is 4.79 Å². The predicted octanol–water partition coefficient (Wildman–Crippen LogP) is 3.08. The number of rotatable bonds is 4. The summed E-state index contributed by atoms with van der Waals surface area (Å²) in [6.07, 6.45) is 5.81. The zero-order valence-corrected chi connectivity index (χ0v) is 10.7. The molecule has 1 saturated carbocycles. The van der Waals surface area contributed by atoms with Gasteiger partial charge in [0.15, 0.2) is 0 Å². The highest BCUT2D eigenvalue weighted by Crippen LogP contribution is 2.30. The molecule has 2 rings (SSSR count). The number of hydrogen-bond acceptors (Lipinski definition) is 3. The van der Waals surface area contributed by atoms with E-state index in [2.05, 4.69) is 11.6 Å². The number of hydrogen-bond donors (Lipinski definition) is 2. The van der Waals surface area contributed by atoms with Crippen LogP contribution in [0.25, 0.3) is 0 Å². The molecule has 4 heteroatoms. The van der Waals surface area contributed by atoms with Crippen LogP contribution in [0.3, 0.4) is 0 Å². The second-order valence-corrected chi connectivity index (χ2v) is 5.42. The Morgan fingerprint density at radius 1 is 1.47 bits per heavy atom. The van der Waals surface area contributed by atoms with Gasteiger partial charge in [0, 0.05) is 17.0 Å². The highest BCUT2D eigenvalue weighted by atomic mass is 32.2. The van der Waals surface area contributed by atoms with Crippen LogP contribution in [-0.2, 0) is 0 Å². The Hall–Kier alpha value is -1.16. The zero-order valence-electron chi connectivity index (χ0n) is 9.85. The van der Waals surface area contributed by atoms with Crippen molar-refractivity contribution in [3.05, 3.63) is 29.8 Å². The molecule has 0 aliphatic heterocycles. The Bertz CT molecular complexity index is 408. The summed E-state index contributed by atoms with van der Waals surface area (Å²) in [6.45, 7) is 0. The molecule has 3 nitrogen and oxygen atoms in total. The Balaban J connectivity index is 2.07. The average molecular weight is 251 g/mol. The average Bonchev–Trinajstić information content (AvgIpc) is 2.76. The fourth-order valence-electron chi connectivity index (χ4n) is 2.33. The number of carboxylic acid groups (broad SMARTS) is 1. The largest absolute Gasteiger partial charge is 0.478 e. The smallest absolute Gasteiger partial charge is 0.335 e. The van der Waals surface area contributed by atoms with Crippen LogP contribution in [0.4, 0.5) is 5.69 Å². The molecule has 0 radical (unpaired) electrons. The molecule has 0 aromatic heterocycles. The lowest BCUT2D eigenvalue weighted by Crippen LogP contribution is -2.25. The first-order chi connectivity index (χ1) is 8.20. The Morgan fingerprint density at radius 2 is 2.29 bits per heavy atom. The molecule has 92 valence electrons. The number of thioether (sulfide) groups is 1. The molecule has 2 unspecified atom stereocenters. The van der Waals surface area contributed by atoms with Gasteiger partial charge >= 0.3 is 5.97 Å². The zero-order chi connectivity index (χ0) is 12.3. The number of carboxylic acids is 1. The quantitative estimate of drug-likeness (QED) is 0.863. The first-order valence-electron chi connectivity index (χ1n) is 5.83. The van der Waals surface area contributed by atoms with Crippen molar-refractivity contribution in [1.82, 2.24) is 0 Å². The molecule has 0 heterocycles. The monoisotopic (exact) mass is 251 g/mol. The molecule has 2 N–H and O–H groups in total. The van der Waals surface area contributed by atoms with Crippen LogP contribution in [0, 0.1) is 0 Å². The van der Waals surface area contributed by atoms with Crippen molar-refractivity contribution in [1.29, 1.82) is 0 Å². The van der Waals surface area contributed by atoms with Crippen molar-refractivity contribution in [3.8, 4) is 0 Å². The number of aromatic carboxylic acids is 1. The highest BCUT2D eigenvalue weighted by molar-refractivity contribution is 7.99. The molecular weight excluding hydrogens is 234 g/mol. The van der Waals surface area contributed by atoms with Crippen molar-refractivity contribution in [3.63, 3.8) is 0 Å². The molecule has 0 saturated heterocycles. The molecule has 1 fully saturated rings. The minimum absolute atomic E-state index is 0.341. The molecule has 2 atom stereocenters. The molecule has 17 heavy (non-hydrogen) atoms. The standard InChI is InChI=1S/C13H17NO2S/c1-17-12-7-3-6-11(12)14-10-5-2-4-9(8-10)13(15)16/h2,4-5,8,11-12,14H,3,6-7H2,1H3,(H,15,16). The summed E-state index contributed by atoms with van der Waals surface area (Å²) in [5, 5.41) is 13.0. The maximum absolute atomic E-state index is 10.9. The molecule has 1 aliphatic carbocycles. The topological polar surface area (TPSA) is 49.3 Å². The predicted molar refractivity (Wildman–Crippen MR) is 72.0 cm³/mol. The summed E-state index contributed by atoms with van der Waals surface area (Å²) < 4.78 is 0. The summed E-state index contributed by atoms with van der Waals surface area (Å²) in [5.74, 6) is -0.874. The van der Waals surface area contributed by atoms with Gasteiger partial charge in [0.05, 0.1) is 5.56 Å². The van der Waals surface area contributed by atoms with Crippen molar-refractivity contribution in [2.24, 2.45) is 0 Å². The van der Waals surface area contributed by atoms with Crippen molar-refractivity contribution in [2.75, 3.05) is 11.6 Å². The number of nitrogens with one attached hydrogen (secondary N) is 1. The second-order valence-electron chi connectivity index (χ2n) is 4.34. The molecular formula is C13H17NO2S. The van der Waals surface area contributed by atoms with Gasteiger partial charge in [-0.05, 0) is 37.3 Å². The van der Waals surface area contributed by atoms with Gasteiger partial charge in [0.1, 0.15) is 0 Å². The summed E-state index contributed by atoms with van der Waals surface area (Å²) in [4.78, 5) is 10.9. The first-order valence-corrected chi connectivity index (χ1v) is 7.12. The molecule has 0 spiro atoms. The van der Waals surface area contributed by atoms with Crippen LogP contribution in [0.2, 0.25) is 0 Å². The Labute approximate surface area is 106 Å². The van der Waals surface area contributed by atoms with Crippen LogP contribution >= 0.6 is 11.8 Å². The van der Waals surface area contributed by atoms with Gasteiger partial charge in [0.25, 0.3) is 0 Å². The fraction of sp³-hybridized carbons (Fsp3) is 0.462. The lowest BCUT2D eigenvalue weighted by Gasteiger charge is -2.20. The SMILES string of the molecule is CSC1CCCC1Nc1cccc(C(=O)O)c1. The normalized spacial score (nSPS) is 23.6. The minimum atomic E-state index is -0.874. The van der Waals surface area contributed by atoms with Crippen molar-refractivity contribution >= 4 is 23.4 Å². The highest BCUT2D eigenvalue weighted by Gasteiger charge is 2.26. The van der Waals surface area contributed by atoms with E-state index in [1.165, 1.54) is 19.3 Å². The summed E-state index contributed by atoms with van der Waals surface area (Å²) in [5.41, 5.74) is 1.25. The third-order valence-corrected chi connectivity index (χ3v) is 4.39. The van der Waals surface area contributed by atoms with Crippen LogP contribution in [0.5, 0.6) is 0 Å². The summed E-state index contributed by atoms with van der Waals surface area (Å²) in [6, 6.07) is 7.51. The third-order valence-electron chi connectivity index (χ3n) is 3.22. The van der Waals surface area contributed by atoms with Crippen molar-refractivity contribution in [2.45, 2.75) is 30.6 Å². The van der Waals surface area contributed by atoms with Crippen LogP contribution in [0.1, 0.15) is 29.6 Å². The molecule has 0 amide bonds. The molecule has 0 bridgehead atoms. The number of anilines is 1. The van der Waals surface area contributed by atoms with Crippen molar-refractivity contribution < 1.29 is 9.90 Å². The third kappa shape index (κ3) is 2.94. The van der Waals surface area contributed by atoms with E-state index < -0.39 is 5.97 Å². The molecule has 1 aromatic rings. The summed E-state index contributed by atoms with van der Waals surface area (Å²) >= 11 is 1.89. The van der Waals surface area contributed by atoms with Gasteiger partial charge in [-0.3, -0.25) is 0 Å². The van der Waals surface area contributed by atoms with Crippen LogP contribution < -0.4 is 5.32 Å². The summed E-state index contributed by atoms with van der Waals surface area (Å²) in [7, 11) is 0. The maximum Gasteiger partial charge on any atom is 0.335 e. The van der Waals surface area contributed by atoms with Gasteiger partial charge in [-0.25, -0.2) is 4.79 Å². The molecule has 1 aromatic carbocycles. The van der Waals surface area contributed by atoms with Gasteiger partial charge in [-0.2, -0.15) is 11.8 Å². The van der Waals surface area contributed by atoms with E-state index >= 15 is 0 Å². The van der Waals surface area contributed by atoms with Gasteiger partial charge < -0.3 is 10.4 Å². The first kappa shape index (κ1) is 12.3. The fourth-order valence-corrected chi connectivity index (χ4v) is 3.26. The van der Waals surface area contributed by atoms with Gasteiger partial charge in [0.2, 0.25) is 0 Å². The lowest BCUT2D eigenvalue weighted by molar-refractivity contribution is 0.0697. The minimum Gasteiger partial charge on any atom is -0.478 e. The number of benzene rings is 1. The Morgan fingerprint density at radius 3 is 3.00 bits per heavy atom. The van der Waals surface area contributed by atoms with Gasteiger partial charge in [-0.1, -0.05) is 12.5 Å². The van der Waals surface area contributed by atoms with E-state index in [-0.39, 0.29) is 0 Å². The van der Waals surface area contributed by atoms with E-state index in [4.69, 9.17) is 5.11 Å². The van der Waals surface area contributed by atoms with E-state index in [0.717, 1.165) is 5.69 Å². The molecule has 1 aliphatic rings. The second kappa shape index (κ2) is 5.45. The van der Waals surface area contributed by atoms with E-state index in [1.54, 1.807) is 18.2 Å². The van der Waals surface area contributed by atoms with E-state index in [0.29, 0.717) is 16.9 Å². The van der Waals surface area contributed by atoms with Crippen LogP contribution in [-0.4, -0.2) is 28.6 Å². The van der Waals surface area contributed by atoms with E-state index in [1.807, 2.05) is 17.8 Å². The van der Waals surface area contributed by atoms with Crippen LogP contribution in [0.15, 0.2) is 24.3 Å². The number of carbonyl (C=O) groups is 1. The lowest BCUT2D eigenvalue weighted by atomic mass is 10.1. The van der Waals surface area contributed by atoms with Gasteiger partial charge in [-0.15, -0.1) is 0 Å².